The maximum absolute atomic E-state index is 11.6. The van der Waals surface area contributed by atoms with Crippen LogP contribution >= 0.6 is 11.3 Å². The van der Waals surface area contributed by atoms with Crippen molar-refractivity contribution in [2.24, 2.45) is 5.92 Å². The summed E-state index contributed by atoms with van der Waals surface area (Å²) in [4.78, 5) is 23.1. The first-order chi connectivity index (χ1) is 11.0. The Morgan fingerprint density at radius 1 is 1.35 bits per heavy atom. The average Bonchev–Trinajstić information content (AvgIpc) is 2.89. The molecule has 124 valence electrons. The van der Waals surface area contributed by atoms with E-state index in [2.05, 4.69) is 9.97 Å². The van der Waals surface area contributed by atoms with Crippen LogP contribution in [0.2, 0.25) is 0 Å². The Labute approximate surface area is 140 Å². The van der Waals surface area contributed by atoms with Crippen molar-refractivity contribution in [3.63, 3.8) is 0 Å². The molecule has 0 aromatic carbocycles. The van der Waals surface area contributed by atoms with Crippen molar-refractivity contribution in [1.29, 1.82) is 0 Å². The van der Waals surface area contributed by atoms with Crippen molar-refractivity contribution >= 4 is 33.3 Å². The largest absolute Gasteiger partial charge is 0.544 e. The molecule has 1 aliphatic carbocycles. The van der Waals surface area contributed by atoms with Crippen LogP contribution in [0.15, 0.2) is 0 Å². The lowest BCUT2D eigenvalue weighted by atomic mass is 9.96. The SMILES string of the molecule is CC[C@H](C)[C@H]([NH2+]c1nc(C)nc2sc3c(c12)CCCC3)C(=O)[O-]. The van der Waals surface area contributed by atoms with Crippen LogP contribution in [-0.4, -0.2) is 22.0 Å². The molecule has 23 heavy (non-hydrogen) atoms. The standard InChI is InChI=1S/C17H23N3O2S/c1-4-9(2)14(17(21)22)20-15-13-11-7-5-6-8-12(11)23-16(13)19-10(3)18-15/h9,14H,4-8H2,1-3H3,(H,21,22)(H,18,19,20)/t9-,14-/m0/s1. The van der Waals surface area contributed by atoms with Gasteiger partial charge in [-0.25, -0.2) is 4.98 Å². The van der Waals surface area contributed by atoms with Gasteiger partial charge in [-0.3, -0.25) is 5.32 Å². The lowest BCUT2D eigenvalue weighted by Crippen LogP contribution is -2.90. The second kappa shape index (κ2) is 6.53. The van der Waals surface area contributed by atoms with Crippen molar-refractivity contribution in [2.75, 3.05) is 0 Å². The fourth-order valence-electron chi connectivity index (χ4n) is 3.31. The third-order valence-corrected chi connectivity index (χ3v) is 6.01. The quantitative estimate of drug-likeness (QED) is 0.892. The van der Waals surface area contributed by atoms with Gasteiger partial charge >= 0.3 is 0 Å². The summed E-state index contributed by atoms with van der Waals surface area (Å²) in [7, 11) is 0. The van der Waals surface area contributed by atoms with Crippen molar-refractivity contribution in [3.05, 3.63) is 16.3 Å². The maximum Gasteiger partial charge on any atom is 0.237 e. The number of nitrogens with zero attached hydrogens (tertiary/aromatic N) is 2. The van der Waals surface area contributed by atoms with Gasteiger partial charge in [0.1, 0.15) is 16.7 Å². The summed E-state index contributed by atoms with van der Waals surface area (Å²) in [5, 5.41) is 14.4. The van der Waals surface area contributed by atoms with Crippen LogP contribution in [0.4, 0.5) is 5.82 Å². The molecule has 0 amide bonds. The highest BCUT2D eigenvalue weighted by Crippen LogP contribution is 2.37. The molecule has 1 aliphatic rings. The molecule has 2 heterocycles. The Morgan fingerprint density at radius 3 is 2.78 bits per heavy atom. The maximum atomic E-state index is 11.6. The van der Waals surface area contributed by atoms with Crippen molar-refractivity contribution in [1.82, 2.24) is 9.97 Å². The summed E-state index contributed by atoms with van der Waals surface area (Å²) >= 11 is 1.74. The number of aliphatic carboxylic acids is 1. The number of hydrogen-bond acceptors (Lipinski definition) is 5. The molecule has 2 N–H and O–H groups in total. The van der Waals surface area contributed by atoms with Crippen LogP contribution in [-0.2, 0) is 17.6 Å². The number of quaternary nitrogens is 1. The van der Waals surface area contributed by atoms with Gasteiger partial charge in [-0.1, -0.05) is 13.8 Å². The summed E-state index contributed by atoms with van der Waals surface area (Å²) in [5.41, 5.74) is 1.34. The van der Waals surface area contributed by atoms with Gasteiger partial charge < -0.3 is 9.90 Å². The topological polar surface area (TPSA) is 82.5 Å². The summed E-state index contributed by atoms with van der Waals surface area (Å²) in [6, 6.07) is -0.614. The second-order valence-electron chi connectivity index (χ2n) is 6.44. The summed E-state index contributed by atoms with van der Waals surface area (Å²) in [6.45, 7) is 5.82. The summed E-state index contributed by atoms with van der Waals surface area (Å²) in [6.07, 6.45) is 5.34. The first kappa shape index (κ1) is 16.3. The minimum atomic E-state index is -1.02. The first-order valence-electron chi connectivity index (χ1n) is 8.35. The molecule has 0 saturated heterocycles. The second-order valence-corrected chi connectivity index (χ2v) is 7.53. The number of carboxylic acid groups (broad SMARTS) is 1. The Kier molecular flexibility index (Phi) is 4.64. The Morgan fingerprint density at radius 2 is 2.09 bits per heavy atom. The molecule has 5 nitrogen and oxygen atoms in total. The van der Waals surface area contributed by atoms with Gasteiger partial charge in [0.2, 0.25) is 5.82 Å². The lowest BCUT2D eigenvalue weighted by molar-refractivity contribution is -0.616. The van der Waals surface area contributed by atoms with Crippen LogP contribution in [0.5, 0.6) is 0 Å². The Balaban J connectivity index is 2.08. The molecule has 2 aromatic rings. The van der Waals surface area contributed by atoms with Gasteiger partial charge in [-0.2, -0.15) is 4.98 Å². The van der Waals surface area contributed by atoms with Gasteiger partial charge in [-0.15, -0.1) is 11.3 Å². The van der Waals surface area contributed by atoms with Gasteiger partial charge in [0.25, 0.3) is 0 Å². The molecular weight excluding hydrogens is 310 g/mol. The number of rotatable bonds is 5. The number of aryl methyl sites for hydroxylation is 3. The van der Waals surface area contributed by atoms with Crippen LogP contribution in [0.1, 0.15) is 49.4 Å². The van der Waals surface area contributed by atoms with E-state index in [4.69, 9.17) is 0 Å². The minimum Gasteiger partial charge on any atom is -0.544 e. The predicted octanol–water partition coefficient (Wildman–Crippen LogP) is 1.24. The van der Waals surface area contributed by atoms with E-state index in [1.54, 1.807) is 16.7 Å². The van der Waals surface area contributed by atoms with Crippen LogP contribution < -0.4 is 10.4 Å². The average molecular weight is 333 g/mol. The molecule has 0 unspecified atom stereocenters. The molecule has 6 heteroatoms. The molecule has 0 saturated carbocycles. The number of thiophene rings is 1. The number of hydrogen-bond donors (Lipinski definition) is 1. The molecule has 2 atom stereocenters. The van der Waals surface area contributed by atoms with Crippen molar-refractivity contribution in [3.8, 4) is 0 Å². The first-order valence-corrected chi connectivity index (χ1v) is 9.17. The van der Waals surface area contributed by atoms with E-state index in [1.165, 1.54) is 23.3 Å². The highest BCUT2D eigenvalue weighted by Gasteiger charge is 2.27. The highest BCUT2D eigenvalue weighted by atomic mass is 32.1. The van der Waals surface area contributed by atoms with Gasteiger partial charge in [0, 0.05) is 10.8 Å². The Bertz CT molecular complexity index is 741. The number of aromatic nitrogens is 2. The third-order valence-electron chi connectivity index (χ3n) is 4.82. The number of carboxylic acids is 1. The Hall–Kier alpha value is -1.53. The molecule has 0 radical (unpaired) electrons. The third kappa shape index (κ3) is 3.10. The van der Waals surface area contributed by atoms with Crippen LogP contribution in [0.3, 0.4) is 0 Å². The molecule has 2 aromatic heterocycles. The molecule has 0 spiro atoms. The zero-order valence-electron chi connectivity index (χ0n) is 13.9. The van der Waals surface area contributed by atoms with Crippen LogP contribution in [0.25, 0.3) is 10.2 Å². The number of fused-ring (bicyclic) bond motifs is 3. The normalized spacial score (nSPS) is 17.0. The fourth-order valence-corrected chi connectivity index (χ4v) is 4.62. The van der Waals surface area contributed by atoms with Gasteiger partial charge in [0.05, 0.1) is 11.4 Å². The van der Waals surface area contributed by atoms with Gasteiger partial charge in [-0.05, 0) is 44.6 Å². The minimum absolute atomic E-state index is 0.0276. The molecule has 0 fully saturated rings. The number of carbonyl (C=O) groups is 1. The lowest BCUT2D eigenvalue weighted by Gasteiger charge is -2.22. The monoisotopic (exact) mass is 333 g/mol. The van der Waals surface area contributed by atoms with E-state index in [0.717, 1.165) is 35.3 Å². The van der Waals surface area contributed by atoms with Crippen LogP contribution in [0, 0.1) is 12.8 Å². The highest BCUT2D eigenvalue weighted by molar-refractivity contribution is 7.18. The smallest absolute Gasteiger partial charge is 0.237 e. The van der Waals surface area contributed by atoms with Crippen molar-refractivity contribution in [2.45, 2.75) is 58.9 Å². The zero-order chi connectivity index (χ0) is 16.6. The molecule has 0 bridgehead atoms. The fraction of sp³-hybridized carbons (Fsp3) is 0.588. The van der Waals surface area contributed by atoms with Crippen molar-refractivity contribution < 1.29 is 15.2 Å². The van der Waals surface area contributed by atoms with E-state index in [-0.39, 0.29) is 5.92 Å². The summed E-state index contributed by atoms with van der Waals surface area (Å²) in [5.74, 6) is 0.484. The van der Waals surface area contributed by atoms with E-state index >= 15 is 0 Å². The molecule has 3 rings (SSSR count). The van der Waals surface area contributed by atoms with E-state index in [0.29, 0.717) is 5.82 Å². The van der Waals surface area contributed by atoms with E-state index in [1.807, 2.05) is 20.8 Å². The number of nitrogens with two attached hydrogens (primary N) is 1. The predicted molar refractivity (Wildman–Crippen MR) is 88.6 cm³/mol. The van der Waals surface area contributed by atoms with Gasteiger partial charge in [0.15, 0.2) is 0 Å². The summed E-state index contributed by atoms with van der Waals surface area (Å²) < 4.78 is 0. The molecule has 0 aliphatic heterocycles. The van der Waals surface area contributed by atoms with E-state index < -0.39 is 12.0 Å². The number of carbonyl (C=O) groups excluding carboxylic acids is 1. The van der Waals surface area contributed by atoms with E-state index in [9.17, 15) is 9.90 Å². The molecular formula is C17H23N3O2S. The zero-order valence-corrected chi connectivity index (χ0v) is 14.7.